The maximum absolute atomic E-state index is 6.21. The van der Waals surface area contributed by atoms with E-state index in [4.69, 9.17) is 14.4 Å². The van der Waals surface area contributed by atoms with Crippen molar-refractivity contribution in [2.45, 2.75) is 5.41 Å². The molecule has 0 amide bonds. The summed E-state index contributed by atoms with van der Waals surface area (Å²) in [5, 5.41) is 2.25. The van der Waals surface area contributed by atoms with Crippen LogP contribution in [-0.2, 0) is 5.41 Å². The van der Waals surface area contributed by atoms with Gasteiger partial charge in [0.1, 0.15) is 11.2 Å². The van der Waals surface area contributed by atoms with Gasteiger partial charge in [-0.25, -0.2) is 9.97 Å². The van der Waals surface area contributed by atoms with Crippen molar-refractivity contribution < 1.29 is 4.42 Å². The van der Waals surface area contributed by atoms with E-state index < -0.39 is 5.41 Å². The second-order valence-electron chi connectivity index (χ2n) is 14.5. The van der Waals surface area contributed by atoms with Crippen molar-refractivity contribution in [2.24, 2.45) is 0 Å². The molecule has 3 nitrogen and oxygen atoms in total. The predicted molar refractivity (Wildman–Crippen MR) is 228 cm³/mol. The number of nitrogens with zero attached hydrogens (tertiary/aromatic N) is 2. The monoisotopic (exact) mass is 714 g/mol. The van der Waals surface area contributed by atoms with Gasteiger partial charge in [0.15, 0.2) is 5.82 Å². The number of furan rings is 1. The first kappa shape index (κ1) is 32.1. The Labute approximate surface area is 325 Å². The van der Waals surface area contributed by atoms with Gasteiger partial charge < -0.3 is 4.42 Å². The molecule has 8 aromatic carbocycles. The summed E-state index contributed by atoms with van der Waals surface area (Å²) >= 11 is 0. The van der Waals surface area contributed by atoms with Gasteiger partial charge in [0.25, 0.3) is 0 Å². The van der Waals surface area contributed by atoms with Crippen molar-refractivity contribution in [1.29, 1.82) is 0 Å². The molecular weight excluding hydrogens is 681 g/mol. The van der Waals surface area contributed by atoms with E-state index in [0.29, 0.717) is 5.82 Å². The summed E-state index contributed by atoms with van der Waals surface area (Å²) in [7, 11) is 0. The van der Waals surface area contributed by atoms with Crippen molar-refractivity contribution in [3.8, 4) is 56.2 Å². The van der Waals surface area contributed by atoms with Crippen LogP contribution in [0.15, 0.2) is 211 Å². The first-order valence-corrected chi connectivity index (χ1v) is 19.1. The molecule has 3 heteroatoms. The third kappa shape index (κ3) is 4.98. The van der Waals surface area contributed by atoms with Crippen LogP contribution in [0, 0.1) is 0 Å². The van der Waals surface area contributed by atoms with Crippen LogP contribution in [0.3, 0.4) is 0 Å². The highest BCUT2D eigenvalue weighted by Crippen LogP contribution is 2.56. The molecule has 2 heterocycles. The molecule has 0 atom stereocenters. The highest BCUT2D eigenvalue weighted by Gasteiger charge is 2.46. The van der Waals surface area contributed by atoms with Gasteiger partial charge >= 0.3 is 0 Å². The zero-order valence-electron chi connectivity index (χ0n) is 30.4. The van der Waals surface area contributed by atoms with Crippen molar-refractivity contribution in [3.05, 3.63) is 229 Å². The van der Waals surface area contributed by atoms with Crippen LogP contribution < -0.4 is 0 Å². The van der Waals surface area contributed by atoms with Gasteiger partial charge in [-0.1, -0.05) is 182 Å². The van der Waals surface area contributed by atoms with E-state index in [1.807, 2.05) is 36.4 Å². The minimum absolute atomic E-state index is 0.498. The van der Waals surface area contributed by atoms with Gasteiger partial charge in [0.05, 0.1) is 16.8 Å². The number of benzene rings is 8. The second-order valence-corrected chi connectivity index (χ2v) is 14.5. The zero-order chi connectivity index (χ0) is 37.1. The number of para-hydroxylation sites is 1. The summed E-state index contributed by atoms with van der Waals surface area (Å²) in [6, 6.07) is 73.3. The highest BCUT2D eigenvalue weighted by molar-refractivity contribution is 6.12. The Hall–Kier alpha value is -7.36. The molecule has 10 aromatic rings. The molecule has 0 aliphatic heterocycles. The Morgan fingerprint density at radius 3 is 1.66 bits per heavy atom. The van der Waals surface area contributed by atoms with Crippen molar-refractivity contribution in [1.82, 2.24) is 9.97 Å². The van der Waals surface area contributed by atoms with Crippen LogP contribution in [0.5, 0.6) is 0 Å². The lowest BCUT2D eigenvalue weighted by molar-refractivity contribution is 0.669. The van der Waals surface area contributed by atoms with Crippen LogP contribution in [0.25, 0.3) is 78.1 Å². The summed E-state index contributed by atoms with van der Waals surface area (Å²) < 4.78 is 6.21. The number of fused-ring (bicyclic) bond motifs is 6. The maximum Gasteiger partial charge on any atom is 0.160 e. The largest absolute Gasteiger partial charge is 0.456 e. The van der Waals surface area contributed by atoms with Gasteiger partial charge in [-0.05, 0) is 68.8 Å². The number of aromatic nitrogens is 2. The number of rotatable bonds is 6. The van der Waals surface area contributed by atoms with Gasteiger partial charge in [0, 0.05) is 27.5 Å². The Balaban J connectivity index is 1.08. The molecule has 0 saturated carbocycles. The van der Waals surface area contributed by atoms with Gasteiger partial charge in [-0.15, -0.1) is 0 Å². The normalized spacial score (nSPS) is 12.8. The summed E-state index contributed by atoms with van der Waals surface area (Å²) in [5.74, 6) is 0.693. The average Bonchev–Trinajstić information content (AvgIpc) is 3.81. The molecular formula is C53H34N2O. The average molecular weight is 715 g/mol. The van der Waals surface area contributed by atoms with Crippen LogP contribution >= 0.6 is 0 Å². The van der Waals surface area contributed by atoms with Crippen LogP contribution in [0.2, 0.25) is 0 Å². The van der Waals surface area contributed by atoms with Crippen LogP contribution in [0.1, 0.15) is 22.3 Å². The lowest BCUT2D eigenvalue weighted by Crippen LogP contribution is -2.28. The fraction of sp³-hybridized carbons (Fsp3) is 0.0189. The van der Waals surface area contributed by atoms with E-state index in [1.54, 1.807) is 0 Å². The third-order valence-corrected chi connectivity index (χ3v) is 11.4. The molecule has 0 radical (unpaired) electrons. The van der Waals surface area contributed by atoms with E-state index in [9.17, 15) is 0 Å². The molecule has 0 unspecified atom stereocenters. The number of hydrogen-bond acceptors (Lipinski definition) is 3. The van der Waals surface area contributed by atoms with Crippen molar-refractivity contribution >= 4 is 21.9 Å². The maximum atomic E-state index is 6.21. The lowest BCUT2D eigenvalue weighted by Gasteiger charge is -2.34. The zero-order valence-corrected chi connectivity index (χ0v) is 30.4. The minimum atomic E-state index is -0.498. The molecule has 0 fully saturated rings. The predicted octanol–water partition coefficient (Wildman–Crippen LogP) is 13.4. The smallest absolute Gasteiger partial charge is 0.160 e. The molecule has 56 heavy (non-hydrogen) atoms. The van der Waals surface area contributed by atoms with E-state index in [0.717, 1.165) is 61.1 Å². The molecule has 1 aliphatic rings. The molecule has 0 spiro atoms. The number of hydrogen-bond donors (Lipinski definition) is 0. The molecule has 262 valence electrons. The topological polar surface area (TPSA) is 38.9 Å². The SMILES string of the molecule is c1ccc(-c2nc(-c3ccc(-c4cccc5oc6ccccc6c45)cc3)cc(-c3ccc4c(c3)C(c3ccccc3)(c3ccccc3)c3ccccc3-4)n2)cc1. The van der Waals surface area contributed by atoms with Crippen LogP contribution in [0.4, 0.5) is 0 Å². The van der Waals surface area contributed by atoms with Crippen molar-refractivity contribution in [3.63, 3.8) is 0 Å². The molecule has 0 saturated heterocycles. The quantitative estimate of drug-likeness (QED) is 0.172. The summed E-state index contributed by atoms with van der Waals surface area (Å²) in [5.41, 5.74) is 15.9. The van der Waals surface area contributed by atoms with E-state index in [2.05, 4.69) is 170 Å². The minimum Gasteiger partial charge on any atom is -0.456 e. The lowest BCUT2D eigenvalue weighted by atomic mass is 9.67. The third-order valence-electron chi connectivity index (χ3n) is 11.4. The van der Waals surface area contributed by atoms with Gasteiger partial charge in [-0.2, -0.15) is 0 Å². The first-order chi connectivity index (χ1) is 27.8. The summed E-state index contributed by atoms with van der Waals surface area (Å²) in [4.78, 5) is 10.5. The molecule has 1 aliphatic carbocycles. The first-order valence-electron chi connectivity index (χ1n) is 19.1. The Morgan fingerprint density at radius 1 is 0.357 bits per heavy atom. The molecule has 2 aromatic heterocycles. The molecule has 0 bridgehead atoms. The van der Waals surface area contributed by atoms with Gasteiger partial charge in [0.2, 0.25) is 0 Å². The summed E-state index contributed by atoms with van der Waals surface area (Å²) in [6.07, 6.45) is 0. The Morgan fingerprint density at radius 2 is 0.911 bits per heavy atom. The van der Waals surface area contributed by atoms with Crippen molar-refractivity contribution in [2.75, 3.05) is 0 Å². The fourth-order valence-electron chi connectivity index (χ4n) is 8.90. The Kier molecular flexibility index (Phi) is 7.39. The highest BCUT2D eigenvalue weighted by atomic mass is 16.3. The standard InChI is InChI=1S/C53H34N2O/c1-4-15-37(16-5-1)52-54-47(36-29-27-35(28-30-36)41-23-14-26-50-51(41)44-22-11-13-25-49(44)56-50)34-48(55-52)38-31-32-43-42-21-10-12-24-45(42)53(46(43)33-38,39-17-6-2-7-18-39)40-19-8-3-9-20-40/h1-34H. The Bertz CT molecular complexity index is 3020. The summed E-state index contributed by atoms with van der Waals surface area (Å²) in [6.45, 7) is 0. The fourth-order valence-corrected chi connectivity index (χ4v) is 8.90. The molecule has 0 N–H and O–H groups in total. The van der Waals surface area contributed by atoms with E-state index >= 15 is 0 Å². The van der Waals surface area contributed by atoms with E-state index in [1.165, 1.54) is 33.4 Å². The van der Waals surface area contributed by atoms with Crippen LogP contribution in [-0.4, -0.2) is 9.97 Å². The molecule has 11 rings (SSSR count). The van der Waals surface area contributed by atoms with Gasteiger partial charge in [-0.3, -0.25) is 0 Å². The van der Waals surface area contributed by atoms with E-state index in [-0.39, 0.29) is 0 Å². The second kappa shape index (κ2) is 12.9.